The molecule has 3 rings (SSSR count). The van der Waals surface area contributed by atoms with E-state index in [2.05, 4.69) is 15.4 Å². The number of aryl methyl sites for hydroxylation is 1. The smallest absolute Gasteiger partial charge is 0.251 e. The Morgan fingerprint density at radius 3 is 2.72 bits per heavy atom. The number of nitrogens with one attached hydrogen (secondary N) is 1. The molecule has 1 unspecified atom stereocenters. The lowest BCUT2D eigenvalue weighted by molar-refractivity contribution is 0.0942. The average molecular weight is 336 g/mol. The number of amides is 1. The summed E-state index contributed by atoms with van der Waals surface area (Å²) in [6.45, 7) is 2.33. The van der Waals surface area contributed by atoms with Gasteiger partial charge in [-0.3, -0.25) is 4.79 Å². The molecular formula is C19H20N4O2. The molecule has 0 aliphatic carbocycles. The van der Waals surface area contributed by atoms with Gasteiger partial charge in [-0.25, -0.2) is 9.67 Å². The van der Waals surface area contributed by atoms with Crippen molar-refractivity contribution in [3.8, 4) is 5.69 Å². The van der Waals surface area contributed by atoms with E-state index in [0.717, 1.165) is 16.8 Å². The van der Waals surface area contributed by atoms with Crippen molar-refractivity contribution in [3.63, 3.8) is 0 Å². The third-order valence-electron chi connectivity index (χ3n) is 4.01. The molecule has 6 heteroatoms. The molecule has 25 heavy (non-hydrogen) atoms. The third kappa shape index (κ3) is 4.10. The molecule has 1 atom stereocenters. The van der Waals surface area contributed by atoms with Gasteiger partial charge < -0.3 is 10.4 Å². The summed E-state index contributed by atoms with van der Waals surface area (Å²) in [5.74, 6) is -0.159. The largest absolute Gasteiger partial charge is 0.388 e. The molecule has 128 valence electrons. The fraction of sp³-hybridized carbons (Fsp3) is 0.211. The Labute approximate surface area is 146 Å². The number of hydrogen-bond acceptors (Lipinski definition) is 4. The fourth-order valence-corrected chi connectivity index (χ4v) is 2.65. The third-order valence-corrected chi connectivity index (χ3v) is 4.01. The number of carbonyl (C=O) groups excluding carboxylic acids is 1. The van der Waals surface area contributed by atoms with Gasteiger partial charge in [-0.15, -0.1) is 0 Å². The Morgan fingerprint density at radius 2 is 2.04 bits per heavy atom. The van der Waals surface area contributed by atoms with Crippen LogP contribution in [-0.2, 0) is 0 Å². The van der Waals surface area contributed by atoms with Crippen LogP contribution in [0, 0.1) is 6.92 Å². The molecule has 0 radical (unpaired) electrons. The maximum atomic E-state index is 12.3. The molecule has 0 bridgehead atoms. The summed E-state index contributed by atoms with van der Waals surface area (Å²) in [7, 11) is 0. The average Bonchev–Trinajstić information content (AvgIpc) is 3.16. The van der Waals surface area contributed by atoms with Gasteiger partial charge in [0.25, 0.3) is 5.91 Å². The van der Waals surface area contributed by atoms with Crippen LogP contribution in [0.2, 0.25) is 0 Å². The van der Waals surface area contributed by atoms with Crippen molar-refractivity contribution in [2.24, 2.45) is 0 Å². The van der Waals surface area contributed by atoms with Gasteiger partial charge in [0.15, 0.2) is 0 Å². The van der Waals surface area contributed by atoms with E-state index >= 15 is 0 Å². The van der Waals surface area contributed by atoms with Crippen LogP contribution >= 0.6 is 0 Å². The molecule has 6 nitrogen and oxygen atoms in total. The van der Waals surface area contributed by atoms with Crippen molar-refractivity contribution in [1.29, 1.82) is 0 Å². The summed E-state index contributed by atoms with van der Waals surface area (Å²) in [6.07, 6.45) is 2.97. The second-order valence-electron chi connectivity index (χ2n) is 5.81. The van der Waals surface area contributed by atoms with Crippen molar-refractivity contribution < 1.29 is 9.90 Å². The van der Waals surface area contributed by atoms with Crippen LogP contribution in [0.3, 0.4) is 0 Å². The minimum absolute atomic E-state index is 0.159. The fourth-order valence-electron chi connectivity index (χ4n) is 2.65. The van der Waals surface area contributed by atoms with Gasteiger partial charge >= 0.3 is 0 Å². The van der Waals surface area contributed by atoms with Crippen LogP contribution in [0.25, 0.3) is 5.69 Å². The maximum Gasteiger partial charge on any atom is 0.251 e. The normalized spacial score (nSPS) is 11.9. The van der Waals surface area contributed by atoms with Crippen molar-refractivity contribution in [3.05, 3.63) is 77.9 Å². The van der Waals surface area contributed by atoms with E-state index < -0.39 is 6.10 Å². The highest BCUT2D eigenvalue weighted by Crippen LogP contribution is 2.16. The first-order chi connectivity index (χ1) is 12.1. The number of nitrogens with zero attached hydrogens (tertiary/aromatic N) is 3. The number of aliphatic hydroxyl groups is 1. The van der Waals surface area contributed by atoms with Gasteiger partial charge in [0.2, 0.25) is 0 Å². The summed E-state index contributed by atoms with van der Waals surface area (Å²) < 4.78 is 1.66. The van der Waals surface area contributed by atoms with E-state index in [-0.39, 0.29) is 5.91 Å². The highest BCUT2D eigenvalue weighted by molar-refractivity contribution is 5.94. The SMILES string of the molecule is Cc1cc(C(=O)NCCC(O)c2ccccc2)ccc1-n1cncn1. The molecule has 1 amide bonds. The predicted octanol–water partition coefficient (Wildman–Crippen LogP) is 2.43. The Morgan fingerprint density at radius 1 is 1.24 bits per heavy atom. The van der Waals surface area contributed by atoms with Crippen LogP contribution < -0.4 is 5.32 Å². The molecule has 0 aliphatic rings. The summed E-state index contributed by atoms with van der Waals surface area (Å²) in [5, 5.41) is 17.1. The van der Waals surface area contributed by atoms with E-state index in [9.17, 15) is 9.90 Å². The molecule has 2 N–H and O–H groups in total. The number of hydrogen-bond donors (Lipinski definition) is 2. The van der Waals surface area contributed by atoms with Crippen LogP contribution in [0.4, 0.5) is 0 Å². The van der Waals surface area contributed by atoms with Gasteiger partial charge in [-0.1, -0.05) is 30.3 Å². The summed E-state index contributed by atoms with van der Waals surface area (Å²) in [5.41, 5.74) is 3.25. The Kier molecular flexibility index (Phi) is 5.20. The standard InChI is InChI=1S/C19H20N4O2/c1-14-11-16(7-8-17(14)23-13-20-12-22-23)19(25)21-10-9-18(24)15-5-3-2-4-6-15/h2-8,11-13,18,24H,9-10H2,1H3,(H,21,25). The molecule has 0 fully saturated rings. The van der Waals surface area contributed by atoms with Gasteiger partial charge in [-0.2, -0.15) is 5.10 Å². The minimum Gasteiger partial charge on any atom is -0.388 e. The Bertz CT molecular complexity index is 832. The lowest BCUT2D eigenvalue weighted by Crippen LogP contribution is -2.25. The Balaban J connectivity index is 1.57. The molecule has 2 aromatic carbocycles. The number of benzene rings is 2. The number of aromatic nitrogens is 3. The number of aliphatic hydroxyl groups excluding tert-OH is 1. The van der Waals surface area contributed by atoms with E-state index in [0.29, 0.717) is 18.5 Å². The minimum atomic E-state index is -0.585. The number of rotatable bonds is 6. The first kappa shape index (κ1) is 16.9. The molecular weight excluding hydrogens is 316 g/mol. The van der Waals surface area contributed by atoms with E-state index in [1.165, 1.54) is 6.33 Å². The van der Waals surface area contributed by atoms with Gasteiger partial charge in [0.05, 0.1) is 11.8 Å². The zero-order valence-corrected chi connectivity index (χ0v) is 14.0. The molecule has 0 spiro atoms. The topological polar surface area (TPSA) is 80.0 Å². The lowest BCUT2D eigenvalue weighted by Gasteiger charge is -2.12. The quantitative estimate of drug-likeness (QED) is 0.724. The summed E-state index contributed by atoms with van der Waals surface area (Å²) in [6, 6.07) is 14.8. The predicted molar refractivity (Wildman–Crippen MR) is 94.4 cm³/mol. The van der Waals surface area contributed by atoms with E-state index in [1.54, 1.807) is 17.1 Å². The van der Waals surface area contributed by atoms with Crippen molar-refractivity contribution >= 4 is 5.91 Å². The van der Waals surface area contributed by atoms with Crippen LogP contribution in [0.15, 0.2) is 61.2 Å². The molecule has 3 aromatic rings. The van der Waals surface area contributed by atoms with E-state index in [4.69, 9.17) is 0 Å². The molecule has 1 aromatic heterocycles. The van der Waals surface area contributed by atoms with Crippen LogP contribution in [-0.4, -0.2) is 32.3 Å². The first-order valence-electron chi connectivity index (χ1n) is 8.12. The van der Waals surface area contributed by atoms with E-state index in [1.807, 2.05) is 49.4 Å². The highest BCUT2D eigenvalue weighted by atomic mass is 16.3. The maximum absolute atomic E-state index is 12.3. The monoisotopic (exact) mass is 336 g/mol. The first-order valence-corrected chi connectivity index (χ1v) is 8.12. The zero-order chi connectivity index (χ0) is 17.6. The second-order valence-corrected chi connectivity index (χ2v) is 5.81. The van der Waals surface area contributed by atoms with Crippen molar-refractivity contribution in [2.45, 2.75) is 19.4 Å². The Hall–Kier alpha value is -2.99. The molecule has 0 aliphatic heterocycles. The van der Waals surface area contributed by atoms with Crippen LogP contribution in [0.1, 0.15) is 34.0 Å². The molecule has 0 saturated carbocycles. The molecule has 0 saturated heterocycles. The summed E-state index contributed by atoms with van der Waals surface area (Å²) >= 11 is 0. The highest BCUT2D eigenvalue weighted by Gasteiger charge is 2.11. The molecule has 1 heterocycles. The van der Waals surface area contributed by atoms with Gasteiger partial charge in [0.1, 0.15) is 12.7 Å². The lowest BCUT2D eigenvalue weighted by atomic mass is 10.1. The van der Waals surface area contributed by atoms with Crippen molar-refractivity contribution in [1.82, 2.24) is 20.1 Å². The van der Waals surface area contributed by atoms with Crippen molar-refractivity contribution in [2.75, 3.05) is 6.54 Å². The zero-order valence-electron chi connectivity index (χ0n) is 14.0. The van der Waals surface area contributed by atoms with Gasteiger partial charge in [-0.05, 0) is 42.7 Å². The van der Waals surface area contributed by atoms with Gasteiger partial charge in [0, 0.05) is 12.1 Å². The second kappa shape index (κ2) is 7.72. The summed E-state index contributed by atoms with van der Waals surface area (Å²) in [4.78, 5) is 16.2. The number of carbonyl (C=O) groups is 1. The van der Waals surface area contributed by atoms with Crippen LogP contribution in [0.5, 0.6) is 0 Å².